The predicted molar refractivity (Wildman–Crippen MR) is 35.1 cm³/mol. The number of hydrogen-bond donors (Lipinski definition) is 2. The summed E-state index contributed by atoms with van der Waals surface area (Å²) in [6.45, 7) is 0. The summed E-state index contributed by atoms with van der Waals surface area (Å²) in [6.07, 6.45) is 0.188. The molecule has 1 rings (SSSR count). The van der Waals surface area contributed by atoms with E-state index in [1.165, 1.54) is 0 Å². The second-order valence-corrected chi connectivity index (χ2v) is 1.95. The van der Waals surface area contributed by atoms with Crippen LogP contribution in [0.1, 0.15) is 10.4 Å². The Labute approximate surface area is 61.7 Å². The van der Waals surface area contributed by atoms with Crippen molar-refractivity contribution in [2.24, 2.45) is 0 Å². The highest BCUT2D eigenvalue weighted by Crippen LogP contribution is 2.27. The number of carbonyl (C=O) groups is 1. The van der Waals surface area contributed by atoms with E-state index in [-0.39, 0.29) is 6.29 Å². The minimum Gasteiger partial charge on any atom is -0.507 e. The average Bonchev–Trinajstić information content (AvgIpc) is 1.99. The van der Waals surface area contributed by atoms with Crippen LogP contribution in [0.15, 0.2) is 12.1 Å². The number of halogens is 1. The second kappa shape index (κ2) is 2.57. The Morgan fingerprint density at radius 2 is 2.00 bits per heavy atom. The molecule has 0 fully saturated rings. The molecular weight excluding hydrogens is 151 g/mol. The highest BCUT2D eigenvalue weighted by atomic mass is 19.1. The summed E-state index contributed by atoms with van der Waals surface area (Å²) in [5.74, 6) is -2.18. The molecule has 0 heterocycles. The number of phenolic OH excluding ortho intramolecular Hbond substituents is 2. The van der Waals surface area contributed by atoms with E-state index in [0.29, 0.717) is 0 Å². The summed E-state index contributed by atoms with van der Waals surface area (Å²) in [7, 11) is 0. The number of phenols is 2. The summed E-state index contributed by atoms with van der Waals surface area (Å²) in [5.41, 5.74) is -0.426. The molecule has 58 valence electrons. The van der Waals surface area contributed by atoms with Gasteiger partial charge >= 0.3 is 0 Å². The Morgan fingerprint density at radius 3 is 2.45 bits per heavy atom. The second-order valence-electron chi connectivity index (χ2n) is 1.95. The van der Waals surface area contributed by atoms with Crippen molar-refractivity contribution >= 4 is 6.29 Å². The zero-order chi connectivity index (χ0) is 8.43. The zero-order valence-corrected chi connectivity index (χ0v) is 5.41. The molecule has 0 bridgehead atoms. The lowest BCUT2D eigenvalue weighted by Gasteiger charge is -1.99. The summed E-state index contributed by atoms with van der Waals surface area (Å²) in [5, 5.41) is 17.7. The molecule has 0 radical (unpaired) electrons. The first-order valence-corrected chi connectivity index (χ1v) is 2.82. The van der Waals surface area contributed by atoms with E-state index in [2.05, 4.69) is 0 Å². The van der Waals surface area contributed by atoms with Gasteiger partial charge in [-0.05, 0) is 12.1 Å². The molecule has 1 aromatic carbocycles. The van der Waals surface area contributed by atoms with E-state index in [1.54, 1.807) is 0 Å². The van der Waals surface area contributed by atoms with Gasteiger partial charge in [0.2, 0.25) is 0 Å². The quantitative estimate of drug-likeness (QED) is 0.597. The van der Waals surface area contributed by atoms with Gasteiger partial charge in [0.15, 0.2) is 17.9 Å². The highest BCUT2D eigenvalue weighted by molar-refractivity contribution is 5.83. The fraction of sp³-hybridized carbons (Fsp3) is 0. The summed E-state index contributed by atoms with van der Waals surface area (Å²) >= 11 is 0. The Hall–Kier alpha value is -1.58. The molecular formula is C7H5FO3. The maximum atomic E-state index is 12.4. The molecule has 2 N–H and O–H groups in total. The van der Waals surface area contributed by atoms with Gasteiger partial charge in [-0.3, -0.25) is 4.79 Å². The summed E-state index contributed by atoms with van der Waals surface area (Å²) in [6, 6.07) is 1.87. The third-order valence-electron chi connectivity index (χ3n) is 1.26. The lowest BCUT2D eigenvalue weighted by molar-refractivity contribution is 0.111. The minimum atomic E-state index is -0.926. The van der Waals surface area contributed by atoms with E-state index < -0.39 is 22.9 Å². The van der Waals surface area contributed by atoms with Gasteiger partial charge in [-0.2, -0.15) is 0 Å². The van der Waals surface area contributed by atoms with Crippen LogP contribution < -0.4 is 0 Å². The molecule has 0 saturated heterocycles. The van der Waals surface area contributed by atoms with Crippen molar-refractivity contribution in [1.29, 1.82) is 0 Å². The van der Waals surface area contributed by atoms with Crippen molar-refractivity contribution in [3.8, 4) is 11.5 Å². The lowest BCUT2D eigenvalue weighted by Crippen LogP contribution is -1.85. The monoisotopic (exact) mass is 156 g/mol. The number of aromatic hydroxyl groups is 2. The van der Waals surface area contributed by atoms with Gasteiger partial charge in [-0.1, -0.05) is 0 Å². The summed E-state index contributed by atoms with van der Waals surface area (Å²) < 4.78 is 12.4. The van der Waals surface area contributed by atoms with Crippen molar-refractivity contribution in [3.63, 3.8) is 0 Å². The Bertz CT molecular complexity index is 296. The Balaban J connectivity index is 3.40. The van der Waals surface area contributed by atoms with E-state index >= 15 is 0 Å². The Morgan fingerprint density at radius 1 is 1.36 bits per heavy atom. The highest BCUT2D eigenvalue weighted by Gasteiger charge is 2.10. The molecule has 0 unspecified atom stereocenters. The average molecular weight is 156 g/mol. The third kappa shape index (κ3) is 1.14. The van der Waals surface area contributed by atoms with Crippen LogP contribution in [-0.2, 0) is 0 Å². The van der Waals surface area contributed by atoms with E-state index in [9.17, 15) is 9.18 Å². The van der Waals surface area contributed by atoms with Crippen molar-refractivity contribution in [2.45, 2.75) is 0 Å². The SMILES string of the molecule is O=Cc1c(O)ccc(F)c1O. The largest absolute Gasteiger partial charge is 0.507 e. The van der Waals surface area contributed by atoms with Crippen LogP contribution in [0.4, 0.5) is 4.39 Å². The molecule has 11 heavy (non-hydrogen) atoms. The maximum absolute atomic E-state index is 12.4. The first-order chi connectivity index (χ1) is 5.16. The van der Waals surface area contributed by atoms with Gasteiger partial charge in [0.1, 0.15) is 11.3 Å². The number of carbonyl (C=O) groups excluding carboxylic acids is 1. The zero-order valence-electron chi connectivity index (χ0n) is 5.41. The van der Waals surface area contributed by atoms with Crippen LogP contribution >= 0.6 is 0 Å². The first-order valence-electron chi connectivity index (χ1n) is 2.82. The third-order valence-corrected chi connectivity index (χ3v) is 1.26. The van der Waals surface area contributed by atoms with Crippen LogP contribution in [0.25, 0.3) is 0 Å². The van der Waals surface area contributed by atoms with Crippen molar-refractivity contribution < 1.29 is 19.4 Å². The van der Waals surface area contributed by atoms with E-state index in [4.69, 9.17) is 10.2 Å². The van der Waals surface area contributed by atoms with Gasteiger partial charge < -0.3 is 10.2 Å². The van der Waals surface area contributed by atoms with Gasteiger partial charge in [-0.15, -0.1) is 0 Å². The molecule has 4 heteroatoms. The van der Waals surface area contributed by atoms with Crippen LogP contribution in [0.3, 0.4) is 0 Å². The molecule has 0 aromatic heterocycles. The van der Waals surface area contributed by atoms with Crippen molar-refractivity contribution in [3.05, 3.63) is 23.5 Å². The molecule has 1 aromatic rings. The molecule has 0 amide bonds. The van der Waals surface area contributed by atoms with Crippen molar-refractivity contribution in [2.75, 3.05) is 0 Å². The molecule has 3 nitrogen and oxygen atoms in total. The standard InChI is InChI=1S/C7H5FO3/c8-5-1-2-6(10)4(3-9)7(5)11/h1-3,10-11H. The van der Waals surface area contributed by atoms with E-state index in [1.807, 2.05) is 0 Å². The van der Waals surface area contributed by atoms with Gasteiger partial charge in [0.25, 0.3) is 0 Å². The van der Waals surface area contributed by atoms with Gasteiger partial charge in [-0.25, -0.2) is 4.39 Å². The van der Waals surface area contributed by atoms with Crippen LogP contribution in [-0.4, -0.2) is 16.5 Å². The molecule has 0 aliphatic rings. The Kier molecular flexibility index (Phi) is 1.76. The minimum absolute atomic E-state index is 0.188. The van der Waals surface area contributed by atoms with Gasteiger partial charge in [0.05, 0.1) is 0 Å². The van der Waals surface area contributed by atoms with Crippen LogP contribution in [0, 0.1) is 5.82 Å². The number of benzene rings is 1. The number of aldehydes is 1. The maximum Gasteiger partial charge on any atom is 0.165 e. The molecule has 0 spiro atoms. The molecule has 0 aliphatic carbocycles. The summed E-state index contributed by atoms with van der Waals surface area (Å²) in [4.78, 5) is 10.1. The van der Waals surface area contributed by atoms with Crippen LogP contribution in [0.5, 0.6) is 11.5 Å². The molecule has 0 saturated carbocycles. The fourth-order valence-electron chi connectivity index (χ4n) is 0.687. The fourth-order valence-corrected chi connectivity index (χ4v) is 0.687. The van der Waals surface area contributed by atoms with Crippen molar-refractivity contribution in [1.82, 2.24) is 0 Å². The number of rotatable bonds is 1. The topological polar surface area (TPSA) is 57.5 Å². The molecule has 0 atom stereocenters. The smallest absolute Gasteiger partial charge is 0.165 e. The molecule has 0 aliphatic heterocycles. The number of hydrogen-bond acceptors (Lipinski definition) is 3. The first kappa shape index (κ1) is 7.53. The van der Waals surface area contributed by atoms with Gasteiger partial charge in [0, 0.05) is 0 Å². The van der Waals surface area contributed by atoms with Crippen LogP contribution in [0.2, 0.25) is 0 Å². The normalized spacial score (nSPS) is 9.55. The predicted octanol–water partition coefficient (Wildman–Crippen LogP) is 1.05. The lowest BCUT2D eigenvalue weighted by atomic mass is 10.2. The van der Waals surface area contributed by atoms with E-state index in [0.717, 1.165) is 12.1 Å².